The Morgan fingerprint density at radius 3 is 2.63 bits per heavy atom. The van der Waals surface area contributed by atoms with Crippen molar-refractivity contribution in [3.63, 3.8) is 0 Å². The van der Waals surface area contributed by atoms with E-state index in [1.165, 1.54) is 6.07 Å². The number of rotatable bonds is 3. The maximum absolute atomic E-state index is 13.6. The quantitative estimate of drug-likeness (QED) is 0.842. The minimum Gasteiger partial charge on any atom is -0.369 e. The van der Waals surface area contributed by atoms with Gasteiger partial charge in [0.2, 0.25) is 0 Å². The van der Waals surface area contributed by atoms with E-state index in [2.05, 4.69) is 6.07 Å². The molecule has 0 N–H and O–H groups in total. The van der Waals surface area contributed by atoms with E-state index < -0.39 is 11.6 Å². The van der Waals surface area contributed by atoms with Crippen LogP contribution in [0.4, 0.5) is 14.5 Å². The first-order valence-corrected chi connectivity index (χ1v) is 5.76. The lowest BCUT2D eigenvalue weighted by atomic mass is 10.1. The number of hydrogen-bond acceptors (Lipinski definition) is 2. The largest absolute Gasteiger partial charge is 0.369 e. The van der Waals surface area contributed by atoms with Gasteiger partial charge < -0.3 is 4.90 Å². The first-order valence-electron chi connectivity index (χ1n) is 5.76. The third-order valence-electron chi connectivity index (χ3n) is 2.85. The average Bonchev–Trinajstić information content (AvgIpc) is 2.42. The molecule has 0 amide bonds. The van der Waals surface area contributed by atoms with Gasteiger partial charge in [-0.05, 0) is 30.3 Å². The van der Waals surface area contributed by atoms with Crippen LogP contribution >= 0.6 is 0 Å². The zero-order valence-electron chi connectivity index (χ0n) is 10.4. The molecule has 96 valence electrons. The maximum Gasteiger partial charge on any atom is 0.128 e. The van der Waals surface area contributed by atoms with Crippen LogP contribution in [0, 0.1) is 23.0 Å². The smallest absolute Gasteiger partial charge is 0.128 e. The zero-order chi connectivity index (χ0) is 13.8. The van der Waals surface area contributed by atoms with E-state index in [1.54, 1.807) is 36.2 Å². The second-order valence-electron chi connectivity index (χ2n) is 4.22. The molecular weight excluding hydrogens is 246 g/mol. The highest BCUT2D eigenvalue weighted by Gasteiger charge is 2.10. The van der Waals surface area contributed by atoms with E-state index in [4.69, 9.17) is 5.26 Å². The lowest BCUT2D eigenvalue weighted by Crippen LogP contribution is -2.18. The highest BCUT2D eigenvalue weighted by molar-refractivity contribution is 5.58. The van der Waals surface area contributed by atoms with Crippen molar-refractivity contribution < 1.29 is 8.78 Å². The van der Waals surface area contributed by atoms with Crippen molar-refractivity contribution in [1.29, 1.82) is 5.26 Å². The molecule has 0 bridgehead atoms. The summed E-state index contributed by atoms with van der Waals surface area (Å²) in [6.45, 7) is 0.197. The summed E-state index contributed by atoms with van der Waals surface area (Å²) in [5, 5.41) is 9.02. The molecule has 0 atom stereocenters. The van der Waals surface area contributed by atoms with Gasteiger partial charge in [-0.3, -0.25) is 0 Å². The summed E-state index contributed by atoms with van der Waals surface area (Å²) in [5.41, 5.74) is 1.45. The van der Waals surface area contributed by atoms with Crippen LogP contribution < -0.4 is 4.90 Å². The van der Waals surface area contributed by atoms with Gasteiger partial charge in [-0.2, -0.15) is 5.26 Å². The van der Waals surface area contributed by atoms with Gasteiger partial charge in [0.1, 0.15) is 17.7 Å². The van der Waals surface area contributed by atoms with Crippen LogP contribution in [0.25, 0.3) is 0 Å². The van der Waals surface area contributed by atoms with Crippen molar-refractivity contribution in [3.05, 3.63) is 65.2 Å². The Balaban J connectivity index is 2.28. The third kappa shape index (κ3) is 2.89. The second-order valence-corrected chi connectivity index (χ2v) is 4.22. The minimum absolute atomic E-state index is 0.197. The summed E-state index contributed by atoms with van der Waals surface area (Å²) in [4.78, 5) is 1.72. The van der Waals surface area contributed by atoms with Crippen LogP contribution in [-0.2, 0) is 6.54 Å². The molecule has 2 nitrogen and oxygen atoms in total. The monoisotopic (exact) mass is 258 g/mol. The Labute approximate surface area is 110 Å². The van der Waals surface area contributed by atoms with Gasteiger partial charge in [0.25, 0.3) is 0 Å². The number of nitriles is 1. The molecule has 0 aromatic heterocycles. The highest BCUT2D eigenvalue weighted by atomic mass is 19.1. The van der Waals surface area contributed by atoms with Gasteiger partial charge >= 0.3 is 0 Å². The summed E-state index contributed by atoms with van der Waals surface area (Å²) < 4.78 is 26.7. The van der Waals surface area contributed by atoms with E-state index in [-0.39, 0.29) is 12.1 Å². The molecule has 2 rings (SSSR count). The van der Waals surface area contributed by atoms with Crippen molar-refractivity contribution in [3.8, 4) is 6.07 Å². The molecule has 0 spiro atoms. The standard InChI is InChI=1S/C15H12F2N2/c1-19(15-5-3-2-4-11(15)9-18)10-12-8-13(16)6-7-14(12)17/h2-8H,10H2,1H3. The van der Waals surface area contributed by atoms with Crippen molar-refractivity contribution in [2.75, 3.05) is 11.9 Å². The average molecular weight is 258 g/mol. The van der Waals surface area contributed by atoms with Gasteiger partial charge in [-0.25, -0.2) is 8.78 Å². The van der Waals surface area contributed by atoms with Gasteiger partial charge in [0, 0.05) is 19.2 Å². The van der Waals surface area contributed by atoms with Gasteiger partial charge in [-0.15, -0.1) is 0 Å². The van der Waals surface area contributed by atoms with Crippen molar-refractivity contribution >= 4 is 5.69 Å². The lowest BCUT2D eigenvalue weighted by molar-refractivity contribution is 0.583. The number of hydrogen-bond donors (Lipinski definition) is 0. The van der Waals surface area contributed by atoms with Crippen LogP contribution in [-0.4, -0.2) is 7.05 Å². The molecule has 4 heteroatoms. The fourth-order valence-corrected chi connectivity index (χ4v) is 1.91. The summed E-state index contributed by atoms with van der Waals surface area (Å²) in [6, 6.07) is 12.5. The molecule has 0 fully saturated rings. The van der Waals surface area contributed by atoms with Crippen LogP contribution in [0.2, 0.25) is 0 Å². The second kappa shape index (κ2) is 5.49. The predicted octanol–water partition coefficient (Wildman–Crippen LogP) is 3.47. The molecular formula is C15H12F2N2. The summed E-state index contributed by atoms with van der Waals surface area (Å²) in [6.07, 6.45) is 0. The van der Waals surface area contributed by atoms with E-state index in [0.29, 0.717) is 11.3 Å². The molecule has 0 aliphatic rings. The predicted molar refractivity (Wildman–Crippen MR) is 69.6 cm³/mol. The Morgan fingerprint density at radius 2 is 1.89 bits per heavy atom. The Hall–Kier alpha value is -2.41. The maximum atomic E-state index is 13.6. The Bertz CT molecular complexity index is 632. The van der Waals surface area contributed by atoms with Crippen LogP contribution in [0.15, 0.2) is 42.5 Å². The molecule has 0 radical (unpaired) electrons. The number of benzene rings is 2. The SMILES string of the molecule is CN(Cc1cc(F)ccc1F)c1ccccc1C#N. The van der Waals surface area contributed by atoms with E-state index in [0.717, 1.165) is 12.1 Å². The number of para-hydroxylation sites is 1. The first kappa shape index (κ1) is 13.0. The highest BCUT2D eigenvalue weighted by Crippen LogP contribution is 2.21. The number of nitrogens with zero attached hydrogens (tertiary/aromatic N) is 2. The van der Waals surface area contributed by atoms with Crippen molar-refractivity contribution in [1.82, 2.24) is 0 Å². The Morgan fingerprint density at radius 1 is 1.16 bits per heavy atom. The topological polar surface area (TPSA) is 27.0 Å². The van der Waals surface area contributed by atoms with Gasteiger partial charge in [0.05, 0.1) is 11.3 Å². The molecule has 0 saturated carbocycles. The van der Waals surface area contributed by atoms with E-state index in [1.807, 2.05) is 0 Å². The normalized spacial score (nSPS) is 10.0. The summed E-state index contributed by atoms with van der Waals surface area (Å²) >= 11 is 0. The van der Waals surface area contributed by atoms with E-state index in [9.17, 15) is 8.78 Å². The number of halogens is 2. The molecule has 2 aromatic rings. The van der Waals surface area contributed by atoms with Crippen molar-refractivity contribution in [2.24, 2.45) is 0 Å². The molecule has 0 heterocycles. The molecule has 2 aromatic carbocycles. The summed E-state index contributed by atoms with van der Waals surface area (Å²) in [7, 11) is 1.74. The van der Waals surface area contributed by atoms with Gasteiger partial charge in [-0.1, -0.05) is 12.1 Å². The fourth-order valence-electron chi connectivity index (χ4n) is 1.91. The molecule has 0 unspecified atom stereocenters. The fraction of sp³-hybridized carbons (Fsp3) is 0.133. The minimum atomic E-state index is -0.474. The van der Waals surface area contributed by atoms with Crippen LogP contribution in [0.5, 0.6) is 0 Å². The van der Waals surface area contributed by atoms with E-state index >= 15 is 0 Å². The first-order chi connectivity index (χ1) is 9.11. The molecule has 19 heavy (non-hydrogen) atoms. The van der Waals surface area contributed by atoms with Crippen LogP contribution in [0.1, 0.15) is 11.1 Å². The summed E-state index contributed by atoms with van der Waals surface area (Å²) in [5.74, 6) is -0.930. The third-order valence-corrected chi connectivity index (χ3v) is 2.85. The van der Waals surface area contributed by atoms with Crippen molar-refractivity contribution in [2.45, 2.75) is 6.54 Å². The van der Waals surface area contributed by atoms with Crippen LogP contribution in [0.3, 0.4) is 0 Å². The zero-order valence-corrected chi connectivity index (χ0v) is 10.4. The molecule has 0 aliphatic heterocycles. The lowest BCUT2D eigenvalue weighted by Gasteiger charge is -2.20. The Kier molecular flexibility index (Phi) is 3.76. The molecule has 0 saturated heterocycles. The number of anilines is 1. The van der Waals surface area contributed by atoms with Gasteiger partial charge in [0.15, 0.2) is 0 Å². The molecule has 0 aliphatic carbocycles.